The maximum absolute atomic E-state index is 13.5. The Labute approximate surface area is 214 Å². The highest BCUT2D eigenvalue weighted by Gasteiger charge is 2.42. The van der Waals surface area contributed by atoms with E-state index in [9.17, 15) is 8.78 Å². The summed E-state index contributed by atoms with van der Waals surface area (Å²) in [5, 5.41) is 3.41. The molecule has 2 saturated heterocycles. The number of piperidine rings is 1. The average Bonchev–Trinajstić information content (AvgIpc) is 3.10. The number of halogens is 2. The van der Waals surface area contributed by atoms with Crippen LogP contribution in [0, 0.1) is 23.5 Å². The Morgan fingerprint density at radius 1 is 1.03 bits per heavy atom. The highest BCUT2D eigenvalue weighted by Crippen LogP contribution is 2.35. The molecule has 4 rings (SSSR count). The summed E-state index contributed by atoms with van der Waals surface area (Å²) < 4.78 is 27.0. The van der Waals surface area contributed by atoms with E-state index < -0.39 is 5.54 Å². The molecule has 2 aromatic carbocycles. The fourth-order valence-electron chi connectivity index (χ4n) is 5.40. The van der Waals surface area contributed by atoms with Crippen LogP contribution in [-0.4, -0.2) is 41.0 Å². The number of likely N-dealkylation sites (tertiary alicyclic amines) is 1. The summed E-state index contributed by atoms with van der Waals surface area (Å²) in [6.45, 7) is 17.3. The van der Waals surface area contributed by atoms with Gasteiger partial charge < -0.3 is 15.1 Å². The standard InChI is InChI=1S/C31H35F2N3/c1-5-6-19-31(4)23(2)36(24(3)34-31)29-17-21-35(22-18-29)20-7-8-30(25-9-13-27(32)14-10-25)26-11-15-28(33)16-12-26/h5,9-16,29-30,34H,1-3,7-8,17-18,20-22H2,4H3. The Morgan fingerprint density at radius 2 is 1.58 bits per heavy atom. The van der Waals surface area contributed by atoms with Crippen molar-refractivity contribution < 1.29 is 8.78 Å². The van der Waals surface area contributed by atoms with Crippen LogP contribution in [0.3, 0.4) is 0 Å². The Hall–Kier alpha value is -3.36. The van der Waals surface area contributed by atoms with Gasteiger partial charge in [-0.15, -0.1) is 0 Å². The molecule has 0 bridgehead atoms. The normalized spacial score (nSPS) is 20.8. The van der Waals surface area contributed by atoms with Crippen molar-refractivity contribution in [3.63, 3.8) is 0 Å². The molecule has 0 radical (unpaired) electrons. The van der Waals surface area contributed by atoms with Crippen LogP contribution in [0.2, 0.25) is 0 Å². The first kappa shape index (κ1) is 25.7. The number of allylic oxidation sites excluding steroid dienone is 1. The van der Waals surface area contributed by atoms with Crippen molar-refractivity contribution in [3.8, 4) is 11.8 Å². The van der Waals surface area contributed by atoms with E-state index in [0.717, 1.165) is 68.0 Å². The van der Waals surface area contributed by atoms with E-state index in [1.165, 1.54) is 24.3 Å². The Balaban J connectivity index is 1.33. The Morgan fingerprint density at radius 3 is 2.11 bits per heavy atom. The first-order valence-electron chi connectivity index (χ1n) is 12.6. The van der Waals surface area contributed by atoms with Gasteiger partial charge in [0.2, 0.25) is 0 Å². The summed E-state index contributed by atoms with van der Waals surface area (Å²) >= 11 is 0. The van der Waals surface area contributed by atoms with Crippen LogP contribution in [0.5, 0.6) is 0 Å². The molecular formula is C31H35F2N3. The lowest BCUT2D eigenvalue weighted by atomic mass is 9.87. The van der Waals surface area contributed by atoms with E-state index in [1.807, 2.05) is 31.2 Å². The van der Waals surface area contributed by atoms with Crippen LogP contribution in [0.4, 0.5) is 8.78 Å². The van der Waals surface area contributed by atoms with Gasteiger partial charge in [-0.1, -0.05) is 55.8 Å². The topological polar surface area (TPSA) is 18.5 Å². The SMILES string of the molecule is C=CC#CC1(C)NC(=C)N(C2CCN(CCCC(c3ccc(F)cc3)c3ccc(F)cc3)CC2)C1=C. The van der Waals surface area contributed by atoms with Crippen molar-refractivity contribution in [1.29, 1.82) is 0 Å². The van der Waals surface area contributed by atoms with Gasteiger partial charge in [-0.25, -0.2) is 8.78 Å². The maximum atomic E-state index is 13.5. The number of hydrogen-bond acceptors (Lipinski definition) is 3. The lowest BCUT2D eigenvalue weighted by molar-refractivity contribution is 0.154. The van der Waals surface area contributed by atoms with Gasteiger partial charge in [-0.3, -0.25) is 0 Å². The van der Waals surface area contributed by atoms with Gasteiger partial charge in [0, 0.05) is 25.0 Å². The number of nitrogens with one attached hydrogen (secondary N) is 1. The number of nitrogens with zero attached hydrogens (tertiary/aromatic N) is 2. The summed E-state index contributed by atoms with van der Waals surface area (Å²) in [4.78, 5) is 4.74. The monoisotopic (exact) mass is 487 g/mol. The van der Waals surface area contributed by atoms with Gasteiger partial charge in [0.05, 0.1) is 11.5 Å². The molecule has 36 heavy (non-hydrogen) atoms. The fourth-order valence-corrected chi connectivity index (χ4v) is 5.40. The second kappa shape index (κ2) is 11.1. The molecule has 2 fully saturated rings. The lowest BCUT2D eigenvalue weighted by Gasteiger charge is -2.38. The van der Waals surface area contributed by atoms with Crippen LogP contribution in [0.25, 0.3) is 0 Å². The predicted octanol–water partition coefficient (Wildman–Crippen LogP) is 6.18. The van der Waals surface area contributed by atoms with Gasteiger partial charge >= 0.3 is 0 Å². The minimum Gasteiger partial charge on any atom is -0.351 e. The van der Waals surface area contributed by atoms with Gasteiger partial charge in [-0.05, 0) is 80.6 Å². The van der Waals surface area contributed by atoms with Crippen molar-refractivity contribution in [2.45, 2.75) is 50.1 Å². The fraction of sp³-hybridized carbons (Fsp3) is 0.355. The number of hydrogen-bond donors (Lipinski definition) is 1. The zero-order valence-electron chi connectivity index (χ0n) is 21.1. The first-order valence-corrected chi connectivity index (χ1v) is 12.6. The molecule has 0 spiro atoms. The molecule has 5 heteroatoms. The van der Waals surface area contributed by atoms with Crippen molar-refractivity contribution >= 4 is 0 Å². The highest BCUT2D eigenvalue weighted by molar-refractivity contribution is 5.41. The highest BCUT2D eigenvalue weighted by atomic mass is 19.1. The van der Waals surface area contributed by atoms with Crippen LogP contribution >= 0.6 is 0 Å². The quantitative estimate of drug-likeness (QED) is 0.471. The summed E-state index contributed by atoms with van der Waals surface area (Å²) in [5.41, 5.74) is 2.55. The minimum absolute atomic E-state index is 0.111. The average molecular weight is 488 g/mol. The smallest absolute Gasteiger partial charge is 0.137 e. The van der Waals surface area contributed by atoms with Crippen LogP contribution in [-0.2, 0) is 0 Å². The van der Waals surface area contributed by atoms with Crippen LogP contribution in [0.1, 0.15) is 49.7 Å². The van der Waals surface area contributed by atoms with E-state index >= 15 is 0 Å². The van der Waals surface area contributed by atoms with Gasteiger partial charge in [0.25, 0.3) is 0 Å². The number of benzene rings is 2. The zero-order valence-corrected chi connectivity index (χ0v) is 21.1. The van der Waals surface area contributed by atoms with Crippen molar-refractivity contribution in [2.75, 3.05) is 19.6 Å². The van der Waals surface area contributed by atoms with Gasteiger partial charge in [0.15, 0.2) is 0 Å². The molecule has 3 nitrogen and oxygen atoms in total. The van der Waals surface area contributed by atoms with Crippen molar-refractivity contribution in [1.82, 2.24) is 15.1 Å². The molecule has 1 N–H and O–H groups in total. The molecule has 2 aromatic rings. The first-order chi connectivity index (χ1) is 17.3. The third kappa shape index (κ3) is 5.71. The van der Waals surface area contributed by atoms with Crippen LogP contribution in [0.15, 0.2) is 85.9 Å². The minimum atomic E-state index is -0.516. The summed E-state index contributed by atoms with van der Waals surface area (Å²) in [5.74, 6) is 6.64. The molecule has 0 amide bonds. The van der Waals surface area contributed by atoms with Gasteiger partial charge in [-0.2, -0.15) is 0 Å². The summed E-state index contributed by atoms with van der Waals surface area (Å²) in [6.07, 6.45) is 5.58. The van der Waals surface area contributed by atoms with Gasteiger partial charge in [0.1, 0.15) is 17.2 Å². The molecule has 2 aliphatic rings. The van der Waals surface area contributed by atoms with Crippen LogP contribution < -0.4 is 5.32 Å². The van der Waals surface area contributed by atoms with Crippen molar-refractivity contribution in [2.24, 2.45) is 0 Å². The molecule has 1 atom stereocenters. The van der Waals surface area contributed by atoms with E-state index in [1.54, 1.807) is 6.08 Å². The lowest BCUT2D eigenvalue weighted by Crippen LogP contribution is -2.43. The second-order valence-corrected chi connectivity index (χ2v) is 9.86. The van der Waals surface area contributed by atoms with E-state index in [2.05, 4.69) is 46.7 Å². The molecule has 0 saturated carbocycles. The van der Waals surface area contributed by atoms with E-state index in [0.29, 0.717) is 6.04 Å². The van der Waals surface area contributed by atoms with E-state index in [-0.39, 0.29) is 17.6 Å². The molecular weight excluding hydrogens is 452 g/mol. The number of rotatable bonds is 7. The molecule has 188 valence electrons. The molecule has 2 aliphatic heterocycles. The second-order valence-electron chi connectivity index (χ2n) is 9.86. The van der Waals surface area contributed by atoms with Crippen molar-refractivity contribution in [3.05, 3.63) is 109 Å². The summed E-state index contributed by atoms with van der Waals surface area (Å²) in [7, 11) is 0. The third-order valence-corrected chi connectivity index (χ3v) is 7.41. The maximum Gasteiger partial charge on any atom is 0.137 e. The largest absolute Gasteiger partial charge is 0.351 e. The summed E-state index contributed by atoms with van der Waals surface area (Å²) in [6, 6.07) is 13.7. The molecule has 2 heterocycles. The molecule has 1 unspecified atom stereocenters. The predicted molar refractivity (Wildman–Crippen MR) is 143 cm³/mol. The molecule has 0 aromatic heterocycles. The Bertz CT molecular complexity index is 1110. The third-order valence-electron chi connectivity index (χ3n) is 7.41. The zero-order chi connectivity index (χ0) is 25.7. The van der Waals surface area contributed by atoms with E-state index in [4.69, 9.17) is 0 Å². The molecule has 0 aliphatic carbocycles. The Kier molecular flexibility index (Phi) is 7.96.